The molecular formula is C19H23NO2. The number of hydrogen-bond donors (Lipinski definition) is 1. The Morgan fingerprint density at radius 3 is 2.27 bits per heavy atom. The summed E-state index contributed by atoms with van der Waals surface area (Å²) < 4.78 is 5.41. The quantitative estimate of drug-likeness (QED) is 0.663. The van der Waals surface area contributed by atoms with Crippen LogP contribution in [0.3, 0.4) is 0 Å². The molecule has 0 aliphatic heterocycles. The summed E-state index contributed by atoms with van der Waals surface area (Å²) in [6, 6.07) is 15.5. The molecule has 0 aliphatic carbocycles. The second-order valence-corrected chi connectivity index (χ2v) is 5.82. The predicted molar refractivity (Wildman–Crippen MR) is 89.6 cm³/mol. The fourth-order valence-electron chi connectivity index (χ4n) is 2.46. The first-order valence-electron chi connectivity index (χ1n) is 7.59. The van der Waals surface area contributed by atoms with Gasteiger partial charge in [-0.05, 0) is 29.5 Å². The molecule has 2 N–H and O–H groups in total. The highest BCUT2D eigenvalue weighted by Gasteiger charge is 2.21. The summed E-state index contributed by atoms with van der Waals surface area (Å²) in [6.45, 7) is 6.30. The highest BCUT2D eigenvalue weighted by molar-refractivity contribution is 5.80. The monoisotopic (exact) mass is 297 g/mol. The van der Waals surface area contributed by atoms with Crippen LogP contribution in [-0.2, 0) is 16.1 Å². The standard InChI is InChI=1S/C19H23NO2/c1-13(2)16-10-7-11-17(18(16)20)14(3)19(21)22-12-15-8-5-4-6-9-15/h4-11,13-14H,12,20H2,1-3H3. The van der Waals surface area contributed by atoms with E-state index in [2.05, 4.69) is 13.8 Å². The van der Waals surface area contributed by atoms with Crippen LogP contribution >= 0.6 is 0 Å². The first-order valence-corrected chi connectivity index (χ1v) is 7.59. The van der Waals surface area contributed by atoms with Crippen molar-refractivity contribution in [2.45, 2.75) is 39.2 Å². The summed E-state index contributed by atoms with van der Waals surface area (Å²) in [4.78, 5) is 12.3. The minimum absolute atomic E-state index is 0.253. The van der Waals surface area contributed by atoms with E-state index < -0.39 is 0 Å². The van der Waals surface area contributed by atoms with E-state index in [0.717, 1.165) is 16.7 Å². The number of nitrogens with two attached hydrogens (primary N) is 1. The average molecular weight is 297 g/mol. The smallest absolute Gasteiger partial charge is 0.313 e. The highest BCUT2D eigenvalue weighted by atomic mass is 16.5. The Labute approximate surface area is 132 Å². The molecule has 0 radical (unpaired) electrons. The molecule has 0 spiro atoms. The molecule has 0 fully saturated rings. The van der Waals surface area contributed by atoms with Crippen molar-refractivity contribution in [3.05, 3.63) is 65.2 Å². The maximum Gasteiger partial charge on any atom is 0.313 e. The zero-order chi connectivity index (χ0) is 16.1. The number of hydrogen-bond acceptors (Lipinski definition) is 3. The predicted octanol–water partition coefficient (Wildman–Crippen LogP) is 4.24. The lowest BCUT2D eigenvalue weighted by Gasteiger charge is -2.18. The van der Waals surface area contributed by atoms with Crippen LogP contribution in [-0.4, -0.2) is 5.97 Å². The fraction of sp³-hybridized carbons (Fsp3) is 0.316. The third kappa shape index (κ3) is 3.67. The first-order chi connectivity index (χ1) is 10.5. The van der Waals surface area contributed by atoms with Crippen LogP contribution in [0.1, 0.15) is 49.3 Å². The minimum atomic E-state index is -0.373. The Bertz CT molecular complexity index is 635. The molecule has 3 heteroatoms. The van der Waals surface area contributed by atoms with E-state index in [1.165, 1.54) is 0 Å². The van der Waals surface area contributed by atoms with Crippen LogP contribution in [0.15, 0.2) is 48.5 Å². The summed E-state index contributed by atoms with van der Waals surface area (Å²) in [5.74, 6) is -0.300. The zero-order valence-corrected chi connectivity index (χ0v) is 13.4. The van der Waals surface area contributed by atoms with Gasteiger partial charge in [0.25, 0.3) is 0 Å². The van der Waals surface area contributed by atoms with Gasteiger partial charge in [0.15, 0.2) is 0 Å². The number of anilines is 1. The van der Waals surface area contributed by atoms with Crippen LogP contribution in [0.2, 0.25) is 0 Å². The van der Waals surface area contributed by atoms with Gasteiger partial charge in [0, 0.05) is 5.69 Å². The van der Waals surface area contributed by atoms with Crippen LogP contribution in [0.25, 0.3) is 0 Å². The molecule has 0 bridgehead atoms. The lowest BCUT2D eigenvalue weighted by atomic mass is 9.92. The van der Waals surface area contributed by atoms with Gasteiger partial charge < -0.3 is 10.5 Å². The second-order valence-electron chi connectivity index (χ2n) is 5.82. The van der Waals surface area contributed by atoms with Gasteiger partial charge in [-0.1, -0.05) is 62.4 Å². The van der Waals surface area contributed by atoms with E-state index in [9.17, 15) is 4.79 Å². The van der Waals surface area contributed by atoms with Gasteiger partial charge in [-0.25, -0.2) is 0 Å². The Morgan fingerprint density at radius 2 is 1.64 bits per heavy atom. The topological polar surface area (TPSA) is 52.3 Å². The van der Waals surface area contributed by atoms with E-state index >= 15 is 0 Å². The number of esters is 1. The van der Waals surface area contributed by atoms with Gasteiger partial charge in [-0.15, -0.1) is 0 Å². The van der Waals surface area contributed by atoms with Crippen LogP contribution in [0.4, 0.5) is 5.69 Å². The van der Waals surface area contributed by atoms with Gasteiger partial charge in [0.2, 0.25) is 0 Å². The van der Waals surface area contributed by atoms with Gasteiger partial charge in [0.1, 0.15) is 6.61 Å². The molecule has 2 rings (SSSR count). The molecule has 0 aliphatic rings. The van der Waals surface area contributed by atoms with Crippen molar-refractivity contribution in [3.63, 3.8) is 0 Å². The van der Waals surface area contributed by atoms with Crippen LogP contribution < -0.4 is 5.73 Å². The Hall–Kier alpha value is -2.29. The largest absolute Gasteiger partial charge is 0.460 e. The van der Waals surface area contributed by atoms with Crippen molar-refractivity contribution in [1.82, 2.24) is 0 Å². The maximum absolute atomic E-state index is 12.3. The van der Waals surface area contributed by atoms with E-state index in [-0.39, 0.29) is 18.5 Å². The third-order valence-electron chi connectivity index (χ3n) is 3.84. The molecule has 22 heavy (non-hydrogen) atoms. The molecule has 0 heterocycles. The Balaban J connectivity index is 2.09. The molecule has 0 saturated heterocycles. The molecule has 0 aromatic heterocycles. The van der Waals surface area contributed by atoms with E-state index in [1.54, 1.807) is 0 Å². The fourth-order valence-corrected chi connectivity index (χ4v) is 2.46. The van der Waals surface area contributed by atoms with E-state index in [4.69, 9.17) is 10.5 Å². The lowest BCUT2D eigenvalue weighted by Crippen LogP contribution is -2.15. The Kier molecular flexibility index (Phi) is 5.21. The molecule has 1 unspecified atom stereocenters. The van der Waals surface area contributed by atoms with Gasteiger partial charge in [-0.3, -0.25) is 4.79 Å². The molecular weight excluding hydrogens is 274 g/mol. The summed E-state index contributed by atoms with van der Waals surface area (Å²) in [6.07, 6.45) is 0. The number of nitrogen functional groups attached to an aromatic ring is 1. The molecule has 0 saturated carbocycles. The SMILES string of the molecule is CC(C)c1cccc(C(C)C(=O)OCc2ccccc2)c1N. The summed E-state index contributed by atoms with van der Waals surface area (Å²) >= 11 is 0. The number of carbonyl (C=O) groups is 1. The molecule has 3 nitrogen and oxygen atoms in total. The summed E-state index contributed by atoms with van der Waals surface area (Å²) in [5, 5.41) is 0. The molecule has 2 aromatic carbocycles. The molecule has 0 amide bonds. The van der Waals surface area contributed by atoms with Crippen molar-refractivity contribution in [2.24, 2.45) is 0 Å². The van der Waals surface area contributed by atoms with Crippen molar-refractivity contribution >= 4 is 11.7 Å². The van der Waals surface area contributed by atoms with Crippen molar-refractivity contribution in [2.75, 3.05) is 5.73 Å². The summed E-state index contributed by atoms with van der Waals surface area (Å²) in [5.41, 5.74) is 9.80. The van der Waals surface area contributed by atoms with Gasteiger partial charge in [-0.2, -0.15) is 0 Å². The third-order valence-corrected chi connectivity index (χ3v) is 3.84. The van der Waals surface area contributed by atoms with Crippen LogP contribution in [0, 0.1) is 0 Å². The number of para-hydroxylation sites is 1. The number of benzene rings is 2. The summed E-state index contributed by atoms with van der Waals surface area (Å²) in [7, 11) is 0. The minimum Gasteiger partial charge on any atom is -0.460 e. The number of carbonyl (C=O) groups excluding carboxylic acids is 1. The maximum atomic E-state index is 12.3. The number of rotatable bonds is 5. The van der Waals surface area contributed by atoms with E-state index in [1.807, 2.05) is 55.5 Å². The lowest BCUT2D eigenvalue weighted by molar-refractivity contribution is -0.146. The van der Waals surface area contributed by atoms with Crippen molar-refractivity contribution in [3.8, 4) is 0 Å². The van der Waals surface area contributed by atoms with Crippen LogP contribution in [0.5, 0.6) is 0 Å². The van der Waals surface area contributed by atoms with E-state index in [0.29, 0.717) is 11.6 Å². The van der Waals surface area contributed by atoms with Gasteiger partial charge in [0.05, 0.1) is 5.92 Å². The Morgan fingerprint density at radius 1 is 1.00 bits per heavy atom. The highest BCUT2D eigenvalue weighted by Crippen LogP contribution is 2.30. The zero-order valence-electron chi connectivity index (χ0n) is 13.4. The molecule has 2 aromatic rings. The normalized spacial score (nSPS) is 12.2. The van der Waals surface area contributed by atoms with Crippen molar-refractivity contribution in [1.29, 1.82) is 0 Å². The van der Waals surface area contributed by atoms with Crippen molar-refractivity contribution < 1.29 is 9.53 Å². The number of ether oxygens (including phenoxy) is 1. The van der Waals surface area contributed by atoms with Gasteiger partial charge >= 0.3 is 5.97 Å². The average Bonchev–Trinajstić information content (AvgIpc) is 2.53. The molecule has 116 valence electrons. The first kappa shape index (κ1) is 16.1. The molecule has 1 atom stereocenters. The second kappa shape index (κ2) is 7.12.